The highest BCUT2D eigenvalue weighted by Gasteiger charge is 2.21. The van der Waals surface area contributed by atoms with E-state index in [9.17, 15) is 4.79 Å². The van der Waals surface area contributed by atoms with Crippen molar-refractivity contribution >= 4 is 11.6 Å². The van der Waals surface area contributed by atoms with E-state index in [1.165, 1.54) is 11.1 Å². The number of amides is 1. The summed E-state index contributed by atoms with van der Waals surface area (Å²) >= 11 is 0. The minimum Gasteiger partial charge on any atom is -0.378 e. The molecule has 6 nitrogen and oxygen atoms in total. The molecule has 0 unspecified atom stereocenters. The van der Waals surface area contributed by atoms with Crippen LogP contribution in [0.2, 0.25) is 0 Å². The number of methoxy groups -OCH3 is 1. The SMILES string of the molecule is COCc1c(C(=O)NCCC(c2ccccc2)c2ccccc2)cnc2c(-c3ccccc3)c(C)nn12. The Labute approximate surface area is 217 Å². The number of hydrogen-bond donors (Lipinski definition) is 1. The van der Waals surface area contributed by atoms with Crippen LogP contribution in [0.5, 0.6) is 0 Å². The number of carbonyl (C=O) groups is 1. The van der Waals surface area contributed by atoms with E-state index in [1.54, 1.807) is 17.8 Å². The van der Waals surface area contributed by atoms with Gasteiger partial charge in [-0.2, -0.15) is 5.10 Å². The van der Waals surface area contributed by atoms with Crippen molar-refractivity contribution in [2.45, 2.75) is 25.9 Å². The first-order valence-corrected chi connectivity index (χ1v) is 12.5. The summed E-state index contributed by atoms with van der Waals surface area (Å²) < 4.78 is 7.21. The van der Waals surface area contributed by atoms with Crippen LogP contribution in [0, 0.1) is 6.92 Å². The first-order chi connectivity index (χ1) is 18.2. The molecule has 1 amide bonds. The molecule has 5 aromatic rings. The standard InChI is InChI=1S/C31H30N4O2/c1-22-29(25-16-10-5-11-17-25)30-33-20-27(28(21-37-2)35(30)34-22)31(36)32-19-18-26(23-12-6-3-7-13-23)24-14-8-4-9-15-24/h3-17,20,26H,18-19,21H2,1-2H3,(H,32,36). The minimum atomic E-state index is -0.185. The number of hydrogen-bond acceptors (Lipinski definition) is 4. The number of aromatic nitrogens is 3. The van der Waals surface area contributed by atoms with Crippen molar-refractivity contribution < 1.29 is 9.53 Å². The van der Waals surface area contributed by atoms with Crippen LogP contribution in [0.15, 0.2) is 97.2 Å². The lowest BCUT2D eigenvalue weighted by Crippen LogP contribution is -2.28. The summed E-state index contributed by atoms with van der Waals surface area (Å²) in [5, 5.41) is 7.84. The van der Waals surface area contributed by atoms with Crippen LogP contribution in [0.1, 0.15) is 45.2 Å². The molecular weight excluding hydrogens is 460 g/mol. The van der Waals surface area contributed by atoms with E-state index < -0.39 is 0 Å². The molecule has 186 valence electrons. The van der Waals surface area contributed by atoms with Crippen LogP contribution in [-0.2, 0) is 11.3 Å². The Bertz CT molecular complexity index is 1440. The van der Waals surface area contributed by atoms with Gasteiger partial charge in [-0.15, -0.1) is 0 Å². The number of rotatable bonds is 9. The van der Waals surface area contributed by atoms with Gasteiger partial charge in [0.2, 0.25) is 0 Å². The second-order valence-corrected chi connectivity index (χ2v) is 9.03. The predicted molar refractivity (Wildman–Crippen MR) is 146 cm³/mol. The quantitative estimate of drug-likeness (QED) is 0.283. The maximum Gasteiger partial charge on any atom is 0.254 e. The van der Waals surface area contributed by atoms with Gasteiger partial charge < -0.3 is 10.1 Å². The summed E-state index contributed by atoms with van der Waals surface area (Å²) in [4.78, 5) is 18.0. The minimum absolute atomic E-state index is 0.184. The monoisotopic (exact) mass is 490 g/mol. The smallest absolute Gasteiger partial charge is 0.254 e. The van der Waals surface area contributed by atoms with Gasteiger partial charge in [0, 0.05) is 31.3 Å². The third-order valence-electron chi connectivity index (χ3n) is 6.63. The average molecular weight is 491 g/mol. The fraction of sp³-hybridized carbons (Fsp3) is 0.194. The largest absolute Gasteiger partial charge is 0.378 e. The fourth-order valence-corrected chi connectivity index (χ4v) is 4.87. The lowest BCUT2D eigenvalue weighted by atomic mass is 9.88. The number of aryl methyl sites for hydroxylation is 1. The highest BCUT2D eigenvalue weighted by molar-refractivity contribution is 5.95. The van der Waals surface area contributed by atoms with E-state index >= 15 is 0 Å². The lowest BCUT2D eigenvalue weighted by Gasteiger charge is -2.19. The highest BCUT2D eigenvalue weighted by Crippen LogP contribution is 2.29. The van der Waals surface area contributed by atoms with E-state index in [-0.39, 0.29) is 18.4 Å². The normalized spacial score (nSPS) is 11.2. The molecule has 0 aliphatic carbocycles. The number of ether oxygens (including phenoxy) is 1. The molecule has 0 radical (unpaired) electrons. The van der Waals surface area contributed by atoms with Gasteiger partial charge in [-0.25, -0.2) is 9.50 Å². The molecule has 3 aromatic carbocycles. The Morgan fingerprint density at radius 1 is 0.919 bits per heavy atom. The summed E-state index contributed by atoms with van der Waals surface area (Å²) in [5.74, 6) is -0.000293. The third-order valence-corrected chi connectivity index (χ3v) is 6.63. The molecular formula is C31H30N4O2. The van der Waals surface area contributed by atoms with Crippen molar-refractivity contribution in [1.29, 1.82) is 0 Å². The van der Waals surface area contributed by atoms with Crippen molar-refractivity contribution in [3.63, 3.8) is 0 Å². The zero-order chi connectivity index (χ0) is 25.6. The summed E-state index contributed by atoms with van der Waals surface area (Å²) in [6.45, 7) is 2.72. The Hall–Kier alpha value is -4.29. The third kappa shape index (κ3) is 5.15. The van der Waals surface area contributed by atoms with Gasteiger partial charge in [0.1, 0.15) is 0 Å². The molecule has 0 saturated heterocycles. The Morgan fingerprint density at radius 2 is 1.51 bits per heavy atom. The molecule has 0 saturated carbocycles. The molecule has 0 spiro atoms. The maximum atomic E-state index is 13.4. The molecule has 2 heterocycles. The van der Waals surface area contributed by atoms with Crippen molar-refractivity contribution in [1.82, 2.24) is 19.9 Å². The summed E-state index contributed by atoms with van der Waals surface area (Å²) in [6.07, 6.45) is 2.41. The van der Waals surface area contributed by atoms with Gasteiger partial charge in [-0.05, 0) is 30.0 Å². The van der Waals surface area contributed by atoms with Crippen molar-refractivity contribution in [2.75, 3.05) is 13.7 Å². The van der Waals surface area contributed by atoms with Crippen LogP contribution in [0.25, 0.3) is 16.8 Å². The van der Waals surface area contributed by atoms with E-state index in [0.717, 1.165) is 23.2 Å². The molecule has 0 fully saturated rings. The molecule has 2 aromatic heterocycles. The van der Waals surface area contributed by atoms with Gasteiger partial charge in [-0.3, -0.25) is 4.79 Å². The molecule has 1 N–H and O–H groups in total. The van der Waals surface area contributed by atoms with Gasteiger partial charge in [0.25, 0.3) is 5.91 Å². The number of nitrogens with zero attached hydrogens (tertiary/aromatic N) is 3. The zero-order valence-corrected chi connectivity index (χ0v) is 21.1. The van der Waals surface area contributed by atoms with Crippen molar-refractivity contribution in [2.24, 2.45) is 0 Å². The molecule has 0 aliphatic heterocycles. The van der Waals surface area contributed by atoms with Crippen LogP contribution in [0.4, 0.5) is 0 Å². The molecule has 0 atom stereocenters. The van der Waals surface area contributed by atoms with E-state index in [2.05, 4.69) is 58.8 Å². The number of carbonyl (C=O) groups excluding carboxylic acids is 1. The second kappa shape index (κ2) is 11.2. The van der Waals surface area contributed by atoms with Crippen LogP contribution in [0.3, 0.4) is 0 Å². The van der Waals surface area contributed by atoms with Crippen molar-refractivity contribution in [3.05, 3.63) is 125 Å². The van der Waals surface area contributed by atoms with Gasteiger partial charge >= 0.3 is 0 Å². The number of nitrogens with one attached hydrogen (secondary N) is 1. The summed E-state index contributed by atoms with van der Waals surface area (Å²) in [6, 6.07) is 30.9. The topological polar surface area (TPSA) is 68.5 Å². The first kappa shape index (κ1) is 24.4. The van der Waals surface area contributed by atoms with E-state index in [1.807, 2.05) is 49.4 Å². The van der Waals surface area contributed by atoms with Crippen LogP contribution >= 0.6 is 0 Å². The molecule has 0 aliphatic rings. The Balaban J connectivity index is 1.40. The second-order valence-electron chi connectivity index (χ2n) is 9.03. The lowest BCUT2D eigenvalue weighted by molar-refractivity contribution is 0.0945. The van der Waals surface area contributed by atoms with E-state index in [0.29, 0.717) is 23.4 Å². The fourth-order valence-electron chi connectivity index (χ4n) is 4.87. The molecule has 5 rings (SSSR count). The van der Waals surface area contributed by atoms with Crippen LogP contribution in [-0.4, -0.2) is 34.2 Å². The predicted octanol–water partition coefficient (Wildman–Crippen LogP) is 5.80. The summed E-state index contributed by atoms with van der Waals surface area (Å²) in [5.41, 5.74) is 7.15. The molecule has 37 heavy (non-hydrogen) atoms. The average Bonchev–Trinajstić information content (AvgIpc) is 3.29. The van der Waals surface area contributed by atoms with Crippen LogP contribution < -0.4 is 5.32 Å². The Morgan fingerprint density at radius 3 is 2.11 bits per heavy atom. The van der Waals surface area contributed by atoms with Crippen molar-refractivity contribution in [3.8, 4) is 11.1 Å². The number of benzene rings is 3. The summed E-state index contributed by atoms with van der Waals surface area (Å²) in [7, 11) is 1.62. The highest BCUT2D eigenvalue weighted by atomic mass is 16.5. The first-order valence-electron chi connectivity index (χ1n) is 12.5. The van der Waals surface area contributed by atoms with Gasteiger partial charge in [-0.1, -0.05) is 91.0 Å². The van der Waals surface area contributed by atoms with Gasteiger partial charge in [0.15, 0.2) is 5.65 Å². The zero-order valence-electron chi connectivity index (χ0n) is 21.1. The maximum absolute atomic E-state index is 13.4. The molecule has 0 bridgehead atoms. The number of fused-ring (bicyclic) bond motifs is 1. The molecule has 6 heteroatoms. The van der Waals surface area contributed by atoms with Gasteiger partial charge in [0.05, 0.1) is 23.6 Å². The van der Waals surface area contributed by atoms with E-state index in [4.69, 9.17) is 9.84 Å². The Kier molecular flexibility index (Phi) is 7.38.